The number of hydrogen-bond donors (Lipinski definition) is 0. The lowest BCUT2D eigenvalue weighted by atomic mass is 10.2. The first-order valence-electron chi connectivity index (χ1n) is 6.69. The molecule has 108 valence electrons. The van der Waals surface area contributed by atoms with Crippen molar-refractivity contribution in [2.45, 2.75) is 38.8 Å². The molecule has 1 heterocycles. The van der Waals surface area contributed by atoms with Crippen molar-refractivity contribution in [3.8, 4) is 5.75 Å². The van der Waals surface area contributed by atoms with E-state index in [4.69, 9.17) is 9.47 Å². The maximum atomic E-state index is 12.0. The third kappa shape index (κ3) is 2.92. The lowest BCUT2D eigenvalue weighted by molar-refractivity contribution is -0.142. The molecule has 2 rings (SSSR count). The topological polar surface area (TPSA) is 55.8 Å². The van der Waals surface area contributed by atoms with Gasteiger partial charge in [-0.1, -0.05) is 0 Å². The van der Waals surface area contributed by atoms with E-state index in [1.54, 1.807) is 24.3 Å². The zero-order valence-corrected chi connectivity index (χ0v) is 12.0. The summed E-state index contributed by atoms with van der Waals surface area (Å²) in [5.74, 6) is 0.307. The van der Waals surface area contributed by atoms with Crippen LogP contribution in [0.1, 0.15) is 26.7 Å². The number of methoxy groups -OCH3 is 1. The van der Waals surface area contributed by atoms with E-state index in [-0.39, 0.29) is 18.0 Å². The molecule has 0 N–H and O–H groups in total. The number of benzene rings is 1. The molecule has 1 aromatic carbocycles. The average molecular weight is 277 g/mol. The van der Waals surface area contributed by atoms with Crippen LogP contribution in [0.4, 0.5) is 5.69 Å². The first-order valence-corrected chi connectivity index (χ1v) is 6.69. The number of rotatable bonds is 4. The fraction of sp³-hybridized carbons (Fsp3) is 0.467. The van der Waals surface area contributed by atoms with Gasteiger partial charge in [0.05, 0.1) is 13.2 Å². The Morgan fingerprint density at radius 2 is 1.95 bits per heavy atom. The van der Waals surface area contributed by atoms with Gasteiger partial charge in [0, 0.05) is 12.1 Å². The molecule has 0 saturated carbocycles. The summed E-state index contributed by atoms with van der Waals surface area (Å²) in [5.41, 5.74) is 0.694. The highest BCUT2D eigenvalue weighted by Gasteiger charge is 2.37. The number of esters is 1. The third-order valence-corrected chi connectivity index (χ3v) is 3.17. The van der Waals surface area contributed by atoms with Crippen LogP contribution in [-0.2, 0) is 14.3 Å². The quantitative estimate of drug-likeness (QED) is 0.791. The summed E-state index contributed by atoms with van der Waals surface area (Å²) < 4.78 is 10.3. The Hall–Kier alpha value is -2.04. The monoisotopic (exact) mass is 277 g/mol. The van der Waals surface area contributed by atoms with Crippen molar-refractivity contribution in [1.29, 1.82) is 0 Å². The zero-order chi connectivity index (χ0) is 14.7. The van der Waals surface area contributed by atoms with Gasteiger partial charge in [-0.3, -0.25) is 9.69 Å². The second-order valence-electron chi connectivity index (χ2n) is 5.00. The summed E-state index contributed by atoms with van der Waals surface area (Å²) in [6.45, 7) is 3.90. The van der Waals surface area contributed by atoms with Gasteiger partial charge in [-0.25, -0.2) is 4.79 Å². The number of carbonyl (C=O) groups is 2. The number of carbonyl (C=O) groups excluding carboxylic acids is 2. The minimum atomic E-state index is -0.524. The van der Waals surface area contributed by atoms with Gasteiger partial charge >= 0.3 is 5.97 Å². The van der Waals surface area contributed by atoms with E-state index in [1.807, 2.05) is 13.8 Å². The zero-order valence-electron chi connectivity index (χ0n) is 12.0. The van der Waals surface area contributed by atoms with Crippen LogP contribution in [0.25, 0.3) is 0 Å². The number of ether oxygens (including phenoxy) is 2. The second kappa shape index (κ2) is 5.94. The minimum absolute atomic E-state index is 0.0575. The first kappa shape index (κ1) is 14.4. The summed E-state index contributed by atoms with van der Waals surface area (Å²) in [5, 5.41) is 0. The standard InChI is InChI=1S/C15H19NO4/c1-10(2)20-12-6-4-11(5-7-12)16-13(15(18)19-3)8-9-14(16)17/h4-7,10,13H,8-9H2,1-3H3. The molecule has 0 bridgehead atoms. The smallest absolute Gasteiger partial charge is 0.328 e. The number of anilines is 1. The molecule has 1 unspecified atom stereocenters. The van der Waals surface area contributed by atoms with Crippen molar-refractivity contribution in [3.05, 3.63) is 24.3 Å². The first-order chi connectivity index (χ1) is 9.52. The Bertz CT molecular complexity index is 495. The predicted molar refractivity (Wildman–Crippen MR) is 74.7 cm³/mol. The SMILES string of the molecule is COC(=O)C1CCC(=O)N1c1ccc(OC(C)C)cc1. The van der Waals surface area contributed by atoms with Crippen LogP contribution >= 0.6 is 0 Å². The molecular weight excluding hydrogens is 258 g/mol. The van der Waals surface area contributed by atoms with E-state index in [9.17, 15) is 9.59 Å². The average Bonchev–Trinajstić information content (AvgIpc) is 2.80. The van der Waals surface area contributed by atoms with Crippen molar-refractivity contribution in [1.82, 2.24) is 0 Å². The molecule has 1 aliphatic rings. The highest BCUT2D eigenvalue weighted by molar-refractivity contribution is 6.02. The Morgan fingerprint density at radius 3 is 2.50 bits per heavy atom. The molecule has 1 fully saturated rings. The molecule has 1 atom stereocenters. The molecule has 0 spiro atoms. The van der Waals surface area contributed by atoms with Crippen LogP contribution in [0, 0.1) is 0 Å². The van der Waals surface area contributed by atoms with Gasteiger partial charge in [-0.15, -0.1) is 0 Å². The molecule has 0 radical (unpaired) electrons. The normalized spacial score (nSPS) is 18.5. The van der Waals surface area contributed by atoms with Crippen molar-refractivity contribution < 1.29 is 19.1 Å². The highest BCUT2D eigenvalue weighted by Crippen LogP contribution is 2.29. The fourth-order valence-electron chi connectivity index (χ4n) is 2.32. The molecule has 5 heteroatoms. The van der Waals surface area contributed by atoms with Crippen LogP contribution in [0.5, 0.6) is 5.75 Å². The van der Waals surface area contributed by atoms with E-state index in [0.717, 1.165) is 5.75 Å². The molecule has 1 aromatic rings. The predicted octanol–water partition coefficient (Wildman–Crippen LogP) is 2.14. The second-order valence-corrected chi connectivity index (χ2v) is 5.00. The van der Waals surface area contributed by atoms with Crippen LogP contribution < -0.4 is 9.64 Å². The van der Waals surface area contributed by atoms with E-state index in [0.29, 0.717) is 18.5 Å². The van der Waals surface area contributed by atoms with Crippen LogP contribution in [-0.4, -0.2) is 31.1 Å². The summed E-state index contributed by atoms with van der Waals surface area (Å²) in [6.07, 6.45) is 0.955. The van der Waals surface area contributed by atoms with Gasteiger partial charge in [-0.2, -0.15) is 0 Å². The van der Waals surface area contributed by atoms with Crippen molar-refractivity contribution in [2.24, 2.45) is 0 Å². The Kier molecular flexibility index (Phi) is 4.27. The van der Waals surface area contributed by atoms with E-state index in [1.165, 1.54) is 12.0 Å². The third-order valence-electron chi connectivity index (χ3n) is 3.17. The van der Waals surface area contributed by atoms with E-state index < -0.39 is 6.04 Å². The van der Waals surface area contributed by atoms with Crippen molar-refractivity contribution >= 4 is 17.6 Å². The van der Waals surface area contributed by atoms with Crippen LogP contribution in [0.2, 0.25) is 0 Å². The summed E-state index contributed by atoms with van der Waals surface area (Å²) in [7, 11) is 1.34. The molecule has 1 amide bonds. The van der Waals surface area contributed by atoms with Crippen molar-refractivity contribution in [3.63, 3.8) is 0 Å². The molecular formula is C15H19NO4. The Morgan fingerprint density at radius 1 is 1.30 bits per heavy atom. The minimum Gasteiger partial charge on any atom is -0.491 e. The van der Waals surface area contributed by atoms with Crippen molar-refractivity contribution in [2.75, 3.05) is 12.0 Å². The lowest BCUT2D eigenvalue weighted by Gasteiger charge is -2.23. The molecule has 1 saturated heterocycles. The number of hydrogen-bond acceptors (Lipinski definition) is 4. The van der Waals surface area contributed by atoms with Gasteiger partial charge in [0.15, 0.2) is 0 Å². The summed E-state index contributed by atoms with van der Waals surface area (Å²) >= 11 is 0. The summed E-state index contributed by atoms with van der Waals surface area (Å²) in [6, 6.07) is 6.66. The van der Waals surface area contributed by atoms with Gasteiger partial charge in [0.2, 0.25) is 5.91 Å². The highest BCUT2D eigenvalue weighted by atomic mass is 16.5. The van der Waals surface area contributed by atoms with Gasteiger partial charge in [-0.05, 0) is 44.5 Å². The molecule has 0 aromatic heterocycles. The lowest BCUT2D eigenvalue weighted by Crippen LogP contribution is -2.39. The fourth-order valence-corrected chi connectivity index (χ4v) is 2.32. The molecule has 1 aliphatic heterocycles. The maximum Gasteiger partial charge on any atom is 0.328 e. The number of nitrogens with zero attached hydrogens (tertiary/aromatic N) is 1. The van der Waals surface area contributed by atoms with Gasteiger partial charge < -0.3 is 9.47 Å². The van der Waals surface area contributed by atoms with Gasteiger partial charge in [0.25, 0.3) is 0 Å². The van der Waals surface area contributed by atoms with Crippen LogP contribution in [0.15, 0.2) is 24.3 Å². The Labute approximate surface area is 118 Å². The maximum absolute atomic E-state index is 12.0. The van der Waals surface area contributed by atoms with Gasteiger partial charge in [0.1, 0.15) is 11.8 Å². The molecule has 20 heavy (non-hydrogen) atoms. The Balaban J connectivity index is 2.20. The van der Waals surface area contributed by atoms with E-state index >= 15 is 0 Å². The number of amides is 1. The van der Waals surface area contributed by atoms with E-state index in [2.05, 4.69) is 0 Å². The van der Waals surface area contributed by atoms with Crippen LogP contribution in [0.3, 0.4) is 0 Å². The largest absolute Gasteiger partial charge is 0.491 e. The summed E-state index contributed by atoms with van der Waals surface area (Å²) in [4.78, 5) is 25.2. The molecule has 5 nitrogen and oxygen atoms in total. The molecule has 0 aliphatic carbocycles.